The number of para-hydroxylation sites is 1. The van der Waals surface area contributed by atoms with Gasteiger partial charge in [0.15, 0.2) is 0 Å². The molecule has 0 spiro atoms. The summed E-state index contributed by atoms with van der Waals surface area (Å²) in [6.45, 7) is 4.76. The van der Waals surface area contributed by atoms with Crippen molar-refractivity contribution in [3.05, 3.63) is 175 Å². The highest BCUT2D eigenvalue weighted by Gasteiger charge is 2.35. The molecule has 218 valence electrons. The summed E-state index contributed by atoms with van der Waals surface area (Å²) in [7, 11) is 0. The zero-order chi connectivity index (χ0) is 30.8. The van der Waals surface area contributed by atoms with Crippen molar-refractivity contribution in [2.75, 3.05) is 0 Å². The van der Waals surface area contributed by atoms with E-state index in [1.165, 1.54) is 83.1 Å². The van der Waals surface area contributed by atoms with E-state index in [-0.39, 0.29) is 5.41 Å². The zero-order valence-corrected chi connectivity index (χ0v) is 26.0. The molecule has 0 unspecified atom stereocenters. The fourth-order valence-electron chi connectivity index (χ4n) is 7.53. The normalized spacial score (nSPS) is 13.2. The van der Waals surface area contributed by atoms with Gasteiger partial charge in [0, 0.05) is 16.2 Å². The minimum Gasteiger partial charge on any atom is -0.309 e. The van der Waals surface area contributed by atoms with Gasteiger partial charge in [-0.3, -0.25) is 0 Å². The first-order valence-electron chi connectivity index (χ1n) is 16.1. The molecule has 0 aliphatic carbocycles. The van der Waals surface area contributed by atoms with Gasteiger partial charge in [0.25, 0.3) is 0 Å². The maximum absolute atomic E-state index is 2.51. The van der Waals surface area contributed by atoms with E-state index < -0.39 is 0 Å². The van der Waals surface area contributed by atoms with Crippen molar-refractivity contribution >= 4 is 21.8 Å². The molecule has 0 amide bonds. The summed E-state index contributed by atoms with van der Waals surface area (Å²) in [5, 5.41) is 2.59. The molecule has 1 aromatic heterocycles. The van der Waals surface area contributed by atoms with E-state index in [2.05, 4.69) is 182 Å². The van der Waals surface area contributed by atoms with E-state index in [1.54, 1.807) is 0 Å². The Balaban J connectivity index is 1.25. The van der Waals surface area contributed by atoms with E-state index in [0.717, 1.165) is 0 Å². The predicted molar refractivity (Wildman–Crippen MR) is 195 cm³/mol. The summed E-state index contributed by atoms with van der Waals surface area (Å²) in [6, 6.07) is 60.1. The Morgan fingerprint density at radius 3 is 1.43 bits per heavy atom. The molecule has 2 heterocycles. The molecule has 1 heteroatoms. The van der Waals surface area contributed by atoms with Gasteiger partial charge in [-0.15, -0.1) is 0 Å². The van der Waals surface area contributed by atoms with Crippen molar-refractivity contribution < 1.29 is 0 Å². The second-order valence-electron chi connectivity index (χ2n) is 13.0. The van der Waals surface area contributed by atoms with Crippen molar-refractivity contribution in [3.8, 4) is 50.2 Å². The lowest BCUT2D eigenvalue weighted by Crippen LogP contribution is -2.26. The van der Waals surface area contributed by atoms with Crippen LogP contribution in [0.5, 0.6) is 0 Å². The van der Waals surface area contributed by atoms with E-state index in [1.807, 2.05) is 0 Å². The van der Waals surface area contributed by atoms with E-state index in [9.17, 15) is 0 Å². The van der Waals surface area contributed by atoms with Crippen LogP contribution in [0.25, 0.3) is 72.0 Å². The topological polar surface area (TPSA) is 4.93 Å². The van der Waals surface area contributed by atoms with Crippen molar-refractivity contribution in [2.45, 2.75) is 19.3 Å². The van der Waals surface area contributed by atoms with E-state index in [0.29, 0.717) is 0 Å². The molecule has 0 fully saturated rings. The zero-order valence-electron chi connectivity index (χ0n) is 26.0. The third kappa shape index (κ3) is 4.09. The van der Waals surface area contributed by atoms with Gasteiger partial charge in [-0.2, -0.15) is 0 Å². The van der Waals surface area contributed by atoms with Gasteiger partial charge >= 0.3 is 0 Å². The van der Waals surface area contributed by atoms with Gasteiger partial charge in [0.05, 0.1) is 16.7 Å². The van der Waals surface area contributed by atoms with Crippen LogP contribution in [0.3, 0.4) is 0 Å². The third-order valence-electron chi connectivity index (χ3n) is 10.0. The number of nitrogens with zero attached hydrogens (tertiary/aromatic N) is 1. The Bertz CT molecular complexity index is 2390. The average molecular weight is 588 g/mol. The molecule has 0 radical (unpaired) electrons. The number of benzene rings is 7. The first-order chi connectivity index (χ1) is 22.6. The van der Waals surface area contributed by atoms with Crippen LogP contribution in [0, 0.1) is 0 Å². The Labute approximate surface area is 270 Å². The van der Waals surface area contributed by atoms with E-state index in [4.69, 9.17) is 0 Å². The quantitative estimate of drug-likeness (QED) is 0.193. The smallest absolute Gasteiger partial charge is 0.0582 e. The fraction of sp³-hybridized carbons (Fsp3) is 0.0667. The summed E-state index contributed by atoms with van der Waals surface area (Å²) < 4.78 is 2.51. The van der Waals surface area contributed by atoms with Gasteiger partial charge in [0.1, 0.15) is 0 Å². The van der Waals surface area contributed by atoms with Crippen LogP contribution in [-0.4, -0.2) is 4.57 Å². The summed E-state index contributed by atoms with van der Waals surface area (Å²) in [5.41, 5.74) is 16.3. The van der Waals surface area contributed by atoms with Gasteiger partial charge in [-0.1, -0.05) is 147 Å². The number of hydrogen-bond donors (Lipinski definition) is 0. The molecule has 9 rings (SSSR count). The number of aromatic nitrogens is 1. The van der Waals surface area contributed by atoms with Crippen LogP contribution in [0.15, 0.2) is 164 Å². The lowest BCUT2D eigenvalue weighted by Gasteiger charge is -2.35. The second kappa shape index (κ2) is 10.2. The highest BCUT2D eigenvalue weighted by Crippen LogP contribution is 2.49. The first-order valence-corrected chi connectivity index (χ1v) is 16.1. The van der Waals surface area contributed by atoms with Crippen molar-refractivity contribution in [1.29, 1.82) is 0 Å². The predicted octanol–water partition coefficient (Wildman–Crippen LogP) is 12.1. The van der Waals surface area contributed by atoms with Gasteiger partial charge in [-0.05, 0) is 86.0 Å². The Kier molecular flexibility index (Phi) is 5.92. The average Bonchev–Trinajstić information content (AvgIpc) is 3.45. The third-order valence-corrected chi connectivity index (χ3v) is 10.0. The van der Waals surface area contributed by atoms with Crippen molar-refractivity contribution in [2.24, 2.45) is 0 Å². The maximum atomic E-state index is 2.51. The second-order valence-corrected chi connectivity index (χ2v) is 13.0. The molecule has 0 saturated carbocycles. The standard InChI is InChI=1S/C45H33N/c1-45(2)40-15-9-10-16-43(40)46-42-26-25-36(34-21-17-32(18-22-34)30-11-5-3-6-12-30)27-38(42)39-28-37(29-41(45)44(39)46)35-23-19-33(20-24-35)31-13-7-4-8-14-31/h3-29H,1-2H3. The van der Waals surface area contributed by atoms with Gasteiger partial charge in [-0.25, -0.2) is 0 Å². The monoisotopic (exact) mass is 587 g/mol. The minimum atomic E-state index is -0.144. The summed E-state index contributed by atoms with van der Waals surface area (Å²) >= 11 is 0. The van der Waals surface area contributed by atoms with Crippen LogP contribution >= 0.6 is 0 Å². The SMILES string of the molecule is CC1(C)c2ccccc2-n2c3ccc(-c4ccc(-c5ccccc5)cc4)cc3c3cc(-c4ccc(-c5ccccc5)cc4)cc1c32. The number of fused-ring (bicyclic) bond motifs is 5. The van der Waals surface area contributed by atoms with Crippen LogP contribution in [0.1, 0.15) is 25.0 Å². The lowest BCUT2D eigenvalue weighted by molar-refractivity contribution is 0.630. The largest absolute Gasteiger partial charge is 0.309 e. The molecule has 0 saturated heterocycles. The fourth-order valence-corrected chi connectivity index (χ4v) is 7.53. The highest BCUT2D eigenvalue weighted by molar-refractivity contribution is 6.14. The molecule has 0 bridgehead atoms. The van der Waals surface area contributed by atoms with Crippen LogP contribution < -0.4 is 0 Å². The van der Waals surface area contributed by atoms with Crippen LogP contribution in [-0.2, 0) is 5.41 Å². The van der Waals surface area contributed by atoms with Crippen molar-refractivity contribution in [1.82, 2.24) is 4.57 Å². The molecule has 1 aliphatic rings. The molecule has 7 aromatic carbocycles. The molecule has 8 aromatic rings. The summed E-state index contributed by atoms with van der Waals surface area (Å²) in [4.78, 5) is 0. The maximum Gasteiger partial charge on any atom is 0.0582 e. The summed E-state index contributed by atoms with van der Waals surface area (Å²) in [5.74, 6) is 0. The molecular formula is C45H33N. The molecular weight excluding hydrogens is 555 g/mol. The van der Waals surface area contributed by atoms with Crippen LogP contribution in [0.2, 0.25) is 0 Å². The summed E-state index contributed by atoms with van der Waals surface area (Å²) in [6.07, 6.45) is 0. The number of hydrogen-bond acceptors (Lipinski definition) is 0. The van der Waals surface area contributed by atoms with Gasteiger partial charge < -0.3 is 4.57 Å². The highest BCUT2D eigenvalue weighted by atomic mass is 15.0. The van der Waals surface area contributed by atoms with Crippen LogP contribution in [0.4, 0.5) is 0 Å². The number of rotatable bonds is 4. The molecule has 1 nitrogen and oxygen atoms in total. The van der Waals surface area contributed by atoms with E-state index >= 15 is 0 Å². The Morgan fingerprint density at radius 1 is 0.370 bits per heavy atom. The lowest BCUT2D eigenvalue weighted by atomic mass is 9.74. The van der Waals surface area contributed by atoms with Crippen molar-refractivity contribution in [3.63, 3.8) is 0 Å². The molecule has 1 aliphatic heterocycles. The molecule has 0 N–H and O–H groups in total. The molecule has 46 heavy (non-hydrogen) atoms. The Hall–Kier alpha value is -5.66. The Morgan fingerprint density at radius 2 is 0.826 bits per heavy atom. The van der Waals surface area contributed by atoms with Gasteiger partial charge in [0.2, 0.25) is 0 Å². The molecule has 0 atom stereocenters. The minimum absolute atomic E-state index is 0.144. The first kappa shape index (κ1) is 26.7.